The molecule has 6 unspecified atom stereocenters. The van der Waals surface area contributed by atoms with Gasteiger partial charge in [0.05, 0.1) is 0 Å². The molecule has 75 heavy (non-hydrogen) atoms. The van der Waals surface area contributed by atoms with Crippen molar-refractivity contribution in [1.29, 1.82) is 0 Å². The van der Waals surface area contributed by atoms with Crippen molar-refractivity contribution in [2.75, 3.05) is 13.2 Å². The van der Waals surface area contributed by atoms with Gasteiger partial charge in [0.25, 0.3) is 0 Å². The van der Waals surface area contributed by atoms with E-state index in [4.69, 9.17) is 18.9 Å². The predicted octanol–water partition coefficient (Wildman–Crippen LogP) is 14.5. The Hall–Kier alpha value is -5.35. The standard InChI is InChI=1S/C51H54O6Te.C15H16.C2H6/c1-49(36-18-31-17-32(20-36)21-37(49)19-31)56-47(52)29-54-44-15-13-40(25-42(44)34-9-5-3-6-10-34)58-41-14-16-45(43(26-41)35-11-7-4-8-12-35)55-30-48(53)57-50(2)39-23-33-22-38-24-46(50)51(38,27-33)28-39;1-12(2)13-8-10-15(11-9-13)14-6-4-3-5-7-14;1-2/h3-16,25-26,31-33,36-39,46H,17-24,27-30H2,1-2H3;3-12H,1-2H3;1-2H3. The van der Waals surface area contributed by atoms with E-state index in [-0.39, 0.29) is 36.4 Å². The molecule has 0 N–H and O–H groups in total. The normalized spacial score (nSPS) is 29.7. The van der Waals surface area contributed by atoms with E-state index in [1.165, 1.54) is 88.1 Å². The van der Waals surface area contributed by atoms with Gasteiger partial charge in [-0.1, -0.05) is 82.3 Å². The zero-order chi connectivity index (χ0) is 51.9. The van der Waals surface area contributed by atoms with Crippen molar-refractivity contribution in [3.05, 3.63) is 157 Å². The molecule has 8 aliphatic rings. The summed E-state index contributed by atoms with van der Waals surface area (Å²) in [6, 6.07) is 52.7. The molecule has 14 rings (SSSR count). The monoisotopic (exact) mass is 1120 g/mol. The fraction of sp³-hybridized carbons (Fsp3) is 0.441. The fourth-order valence-electron chi connectivity index (χ4n) is 15.8. The Morgan fingerprint density at radius 1 is 0.493 bits per heavy atom. The minimum atomic E-state index is -0.840. The van der Waals surface area contributed by atoms with Gasteiger partial charge in [-0.05, 0) is 35.4 Å². The second-order valence-corrected chi connectivity index (χ2v) is 26.9. The number of hydrogen-bond donors (Lipinski definition) is 0. The number of ether oxygens (including phenoxy) is 4. The van der Waals surface area contributed by atoms with E-state index in [1.807, 2.05) is 68.4 Å². The van der Waals surface area contributed by atoms with Crippen molar-refractivity contribution in [1.82, 2.24) is 0 Å². The summed E-state index contributed by atoms with van der Waals surface area (Å²) in [6.07, 6.45) is 12.6. The fourth-order valence-corrected chi connectivity index (χ4v) is 18.3. The molecule has 1 spiro atoms. The maximum atomic E-state index is 13.5. The summed E-state index contributed by atoms with van der Waals surface area (Å²) in [7, 11) is 0. The van der Waals surface area contributed by atoms with Crippen LogP contribution in [0.1, 0.15) is 117 Å². The van der Waals surface area contributed by atoms with Crippen LogP contribution in [0.5, 0.6) is 11.5 Å². The molecule has 8 fully saturated rings. The average Bonchev–Trinajstić information content (AvgIpc) is 3.74. The Kier molecular flexibility index (Phi) is 14.9. The Bertz CT molecular complexity index is 2930. The molecule has 0 aromatic heterocycles. The molecular weight excluding hydrogens is 1040 g/mol. The summed E-state index contributed by atoms with van der Waals surface area (Å²) < 4.78 is 27.9. The molecule has 8 aliphatic carbocycles. The van der Waals surface area contributed by atoms with Gasteiger partial charge in [-0.15, -0.1) is 0 Å². The quantitative estimate of drug-likeness (QED) is 0.0799. The molecule has 7 bridgehead atoms. The van der Waals surface area contributed by atoms with E-state index in [1.54, 1.807) is 0 Å². The summed E-state index contributed by atoms with van der Waals surface area (Å²) >= 11 is -0.840. The van der Waals surface area contributed by atoms with Crippen LogP contribution in [0.3, 0.4) is 0 Å². The Balaban J connectivity index is 0.000000303. The Morgan fingerprint density at radius 3 is 1.45 bits per heavy atom. The van der Waals surface area contributed by atoms with Crippen molar-refractivity contribution in [3.8, 4) is 44.9 Å². The van der Waals surface area contributed by atoms with Crippen LogP contribution >= 0.6 is 0 Å². The van der Waals surface area contributed by atoms with Crippen LogP contribution in [0.2, 0.25) is 0 Å². The van der Waals surface area contributed by atoms with Crippen molar-refractivity contribution >= 4 is 40.1 Å². The van der Waals surface area contributed by atoms with Crippen LogP contribution in [0, 0.1) is 52.8 Å². The first-order valence-corrected chi connectivity index (χ1v) is 30.7. The van der Waals surface area contributed by atoms with Gasteiger partial charge in [-0.25, -0.2) is 0 Å². The minimum absolute atomic E-state index is 0.0957. The van der Waals surface area contributed by atoms with Gasteiger partial charge in [-0.3, -0.25) is 0 Å². The zero-order valence-electron chi connectivity index (χ0n) is 45.0. The van der Waals surface area contributed by atoms with Crippen LogP contribution in [0.4, 0.5) is 0 Å². The van der Waals surface area contributed by atoms with Gasteiger partial charge < -0.3 is 0 Å². The topological polar surface area (TPSA) is 71.1 Å². The van der Waals surface area contributed by atoms with Crippen molar-refractivity contribution in [2.24, 2.45) is 52.8 Å². The summed E-state index contributed by atoms with van der Waals surface area (Å²) in [5.74, 6) is 6.72. The molecule has 0 heterocycles. The van der Waals surface area contributed by atoms with E-state index in [0.29, 0.717) is 46.5 Å². The first-order chi connectivity index (χ1) is 36.4. The van der Waals surface area contributed by atoms with E-state index in [2.05, 4.69) is 125 Å². The third-order valence-electron chi connectivity index (χ3n) is 19.2. The van der Waals surface area contributed by atoms with Gasteiger partial charge in [0, 0.05) is 0 Å². The van der Waals surface area contributed by atoms with Gasteiger partial charge in [0.1, 0.15) is 0 Å². The molecule has 6 aromatic rings. The zero-order valence-corrected chi connectivity index (χ0v) is 47.3. The van der Waals surface area contributed by atoms with Gasteiger partial charge in [0.15, 0.2) is 0 Å². The Labute approximate surface area is 456 Å². The van der Waals surface area contributed by atoms with Crippen LogP contribution in [-0.2, 0) is 19.1 Å². The summed E-state index contributed by atoms with van der Waals surface area (Å²) in [6.45, 7) is 12.7. The number of carbonyl (C=O) groups is 2. The average molecular weight is 1120 g/mol. The summed E-state index contributed by atoms with van der Waals surface area (Å²) in [4.78, 5) is 27.0. The summed E-state index contributed by atoms with van der Waals surface area (Å²) in [5.41, 5.74) is 7.73. The number of esters is 2. The third kappa shape index (κ3) is 10.2. The molecule has 0 aliphatic heterocycles. The first-order valence-electron chi connectivity index (χ1n) is 28.3. The predicted molar refractivity (Wildman–Crippen MR) is 303 cm³/mol. The molecule has 0 amide bonds. The van der Waals surface area contributed by atoms with Crippen molar-refractivity contribution < 1.29 is 28.5 Å². The van der Waals surface area contributed by atoms with Gasteiger partial charge in [-0.2, -0.15) is 0 Å². The van der Waals surface area contributed by atoms with E-state index in [9.17, 15) is 9.59 Å². The molecular formula is C68H76O6Te. The SMILES string of the molecule is CC.CC(C)c1ccc(-c2ccccc2)cc1.CC1(OC(=O)COc2ccc([Te]c3ccc(OCC(=O)OC4(C)C5CC6CC7CC4C7(C6)C5)c(-c4ccccc4)c3)cc2-c2ccccc2)C2CC3CC(C2)CC1C3. The second kappa shape index (κ2) is 21.6. The maximum absolute atomic E-state index is 13.5. The third-order valence-corrected chi connectivity index (χ3v) is 22.0. The van der Waals surface area contributed by atoms with E-state index < -0.39 is 20.9 Å². The van der Waals surface area contributed by atoms with E-state index in [0.717, 1.165) is 45.9 Å². The molecule has 0 saturated heterocycles. The number of benzene rings is 6. The molecule has 6 atom stereocenters. The molecule has 0 radical (unpaired) electrons. The number of carbonyl (C=O) groups excluding carboxylic acids is 2. The van der Waals surface area contributed by atoms with Crippen LogP contribution in [0.15, 0.2) is 152 Å². The molecule has 6 aromatic carbocycles. The molecule has 8 saturated carbocycles. The number of hydrogen-bond acceptors (Lipinski definition) is 6. The van der Waals surface area contributed by atoms with Crippen LogP contribution in [-0.4, -0.2) is 57.3 Å². The van der Waals surface area contributed by atoms with Crippen molar-refractivity contribution in [3.63, 3.8) is 0 Å². The van der Waals surface area contributed by atoms with Crippen LogP contribution < -0.4 is 16.7 Å². The van der Waals surface area contributed by atoms with E-state index >= 15 is 0 Å². The first kappa shape index (κ1) is 51.7. The number of rotatable bonds is 14. The number of fused-ring (bicyclic) bond motifs is 2. The van der Waals surface area contributed by atoms with Gasteiger partial charge >= 0.3 is 342 Å². The second-order valence-electron chi connectivity index (χ2n) is 23.7. The molecule has 390 valence electrons. The van der Waals surface area contributed by atoms with Crippen LogP contribution in [0.25, 0.3) is 33.4 Å². The van der Waals surface area contributed by atoms with Gasteiger partial charge in [0.2, 0.25) is 0 Å². The van der Waals surface area contributed by atoms with Crippen molar-refractivity contribution in [2.45, 2.75) is 123 Å². The Morgan fingerprint density at radius 2 is 0.947 bits per heavy atom. The molecule has 7 heteroatoms. The molecule has 6 nitrogen and oxygen atoms in total. The summed E-state index contributed by atoms with van der Waals surface area (Å²) in [5, 5.41) is 0.